The van der Waals surface area contributed by atoms with Crippen LogP contribution in [-0.4, -0.2) is 38.6 Å². The SMILES string of the molecule is CCOC(C)O[C@@H]1OC=C(C(=O)OC)[C@H]2CC=C(C=O)[C@H]12. The molecule has 2 rings (SSSR count). The zero-order valence-corrected chi connectivity index (χ0v) is 12.4. The average Bonchev–Trinajstić information content (AvgIpc) is 2.91. The van der Waals surface area contributed by atoms with E-state index in [1.54, 1.807) is 6.92 Å². The van der Waals surface area contributed by atoms with Gasteiger partial charge in [-0.15, -0.1) is 0 Å². The molecule has 0 spiro atoms. The van der Waals surface area contributed by atoms with Crippen molar-refractivity contribution < 1.29 is 28.5 Å². The van der Waals surface area contributed by atoms with E-state index in [9.17, 15) is 9.59 Å². The molecule has 0 aromatic heterocycles. The summed E-state index contributed by atoms with van der Waals surface area (Å²) in [6, 6.07) is 0. The first kappa shape index (κ1) is 15.7. The minimum absolute atomic E-state index is 0.162. The van der Waals surface area contributed by atoms with Crippen LogP contribution in [0.3, 0.4) is 0 Å². The first-order valence-corrected chi connectivity index (χ1v) is 6.98. The predicted molar refractivity (Wildman–Crippen MR) is 72.9 cm³/mol. The largest absolute Gasteiger partial charge is 0.471 e. The topological polar surface area (TPSA) is 71.1 Å². The molecule has 0 aromatic rings. The van der Waals surface area contributed by atoms with Gasteiger partial charge in [0.1, 0.15) is 6.29 Å². The van der Waals surface area contributed by atoms with Crippen LogP contribution in [0.15, 0.2) is 23.5 Å². The maximum Gasteiger partial charge on any atom is 0.337 e. The highest BCUT2D eigenvalue weighted by Crippen LogP contribution is 2.43. The Morgan fingerprint density at radius 2 is 2.33 bits per heavy atom. The van der Waals surface area contributed by atoms with Gasteiger partial charge in [-0.1, -0.05) is 6.08 Å². The molecule has 0 amide bonds. The zero-order valence-electron chi connectivity index (χ0n) is 12.4. The minimum atomic E-state index is -0.649. The lowest BCUT2D eigenvalue weighted by Gasteiger charge is -2.35. The van der Waals surface area contributed by atoms with E-state index < -0.39 is 18.5 Å². The summed E-state index contributed by atoms with van der Waals surface area (Å²) in [5.41, 5.74) is 1.02. The summed E-state index contributed by atoms with van der Waals surface area (Å²) in [6.45, 7) is 4.15. The number of hydrogen-bond acceptors (Lipinski definition) is 6. The summed E-state index contributed by atoms with van der Waals surface area (Å²) in [6.07, 6.45) is 3.46. The molecule has 0 aromatic carbocycles. The van der Waals surface area contributed by atoms with E-state index >= 15 is 0 Å². The molecule has 6 nitrogen and oxygen atoms in total. The third-order valence-electron chi connectivity index (χ3n) is 3.73. The third kappa shape index (κ3) is 3.16. The highest BCUT2D eigenvalue weighted by molar-refractivity contribution is 5.90. The van der Waals surface area contributed by atoms with Crippen molar-refractivity contribution in [3.05, 3.63) is 23.5 Å². The van der Waals surface area contributed by atoms with Crippen LogP contribution in [0, 0.1) is 11.8 Å². The van der Waals surface area contributed by atoms with Gasteiger partial charge in [-0.05, 0) is 25.8 Å². The van der Waals surface area contributed by atoms with Gasteiger partial charge >= 0.3 is 5.97 Å². The van der Waals surface area contributed by atoms with Gasteiger partial charge in [0.15, 0.2) is 6.29 Å². The number of aldehydes is 1. The monoisotopic (exact) mass is 296 g/mol. The summed E-state index contributed by atoms with van der Waals surface area (Å²) in [5.74, 6) is -0.920. The molecular formula is C15H20O6. The molecule has 0 saturated carbocycles. The molecule has 116 valence electrons. The van der Waals surface area contributed by atoms with Gasteiger partial charge in [0.2, 0.25) is 6.29 Å². The summed E-state index contributed by atoms with van der Waals surface area (Å²) >= 11 is 0. The number of fused-ring (bicyclic) bond motifs is 1. The smallest absolute Gasteiger partial charge is 0.337 e. The molecule has 4 atom stereocenters. The Balaban J connectivity index is 2.19. The average molecular weight is 296 g/mol. The van der Waals surface area contributed by atoms with Crippen molar-refractivity contribution in [2.45, 2.75) is 32.8 Å². The number of methoxy groups -OCH3 is 1. The number of esters is 1. The molecular weight excluding hydrogens is 276 g/mol. The second-order valence-corrected chi connectivity index (χ2v) is 4.92. The fourth-order valence-electron chi connectivity index (χ4n) is 2.78. The van der Waals surface area contributed by atoms with Crippen molar-refractivity contribution in [3.63, 3.8) is 0 Å². The van der Waals surface area contributed by atoms with Crippen molar-refractivity contribution in [2.24, 2.45) is 11.8 Å². The third-order valence-corrected chi connectivity index (χ3v) is 3.73. The van der Waals surface area contributed by atoms with E-state index in [-0.39, 0.29) is 11.8 Å². The van der Waals surface area contributed by atoms with E-state index in [1.165, 1.54) is 13.4 Å². The number of hydrogen-bond donors (Lipinski definition) is 0. The van der Waals surface area contributed by atoms with Gasteiger partial charge in [-0.2, -0.15) is 0 Å². The van der Waals surface area contributed by atoms with Gasteiger partial charge < -0.3 is 18.9 Å². The maximum absolute atomic E-state index is 11.8. The molecule has 6 heteroatoms. The molecule has 0 radical (unpaired) electrons. The fraction of sp³-hybridized carbons (Fsp3) is 0.600. The Kier molecular flexibility index (Phi) is 5.14. The molecule has 21 heavy (non-hydrogen) atoms. The molecule has 0 N–H and O–H groups in total. The van der Waals surface area contributed by atoms with Crippen LogP contribution in [0.2, 0.25) is 0 Å². The lowest BCUT2D eigenvalue weighted by atomic mass is 9.83. The van der Waals surface area contributed by atoms with E-state index in [0.717, 1.165) is 6.29 Å². The number of ether oxygens (including phenoxy) is 4. The second kappa shape index (κ2) is 6.87. The lowest BCUT2D eigenvalue weighted by Crippen LogP contribution is -2.39. The number of rotatable bonds is 6. The molecule has 1 unspecified atom stereocenters. The minimum Gasteiger partial charge on any atom is -0.471 e. The normalized spacial score (nSPS) is 28.8. The Morgan fingerprint density at radius 3 is 2.95 bits per heavy atom. The lowest BCUT2D eigenvalue weighted by molar-refractivity contribution is -0.242. The van der Waals surface area contributed by atoms with Crippen LogP contribution in [0.1, 0.15) is 20.3 Å². The van der Waals surface area contributed by atoms with Crippen LogP contribution in [0.4, 0.5) is 0 Å². The second-order valence-electron chi connectivity index (χ2n) is 4.92. The Bertz CT molecular complexity index is 467. The molecule has 0 saturated heterocycles. The zero-order chi connectivity index (χ0) is 15.4. The highest BCUT2D eigenvalue weighted by atomic mass is 16.8. The highest BCUT2D eigenvalue weighted by Gasteiger charge is 2.45. The summed E-state index contributed by atoms with van der Waals surface area (Å²) in [7, 11) is 1.32. The summed E-state index contributed by atoms with van der Waals surface area (Å²) in [4.78, 5) is 23.0. The Morgan fingerprint density at radius 1 is 1.57 bits per heavy atom. The number of allylic oxidation sites excluding steroid dienone is 1. The summed E-state index contributed by atoms with van der Waals surface area (Å²) < 4.78 is 21.3. The molecule has 1 aliphatic carbocycles. The summed E-state index contributed by atoms with van der Waals surface area (Å²) in [5, 5.41) is 0. The molecule has 1 heterocycles. The van der Waals surface area contributed by atoms with Crippen molar-refractivity contribution in [1.82, 2.24) is 0 Å². The molecule has 0 fully saturated rings. The van der Waals surface area contributed by atoms with Crippen molar-refractivity contribution in [1.29, 1.82) is 0 Å². The maximum atomic E-state index is 11.8. The van der Waals surface area contributed by atoms with E-state index in [0.29, 0.717) is 24.2 Å². The molecule has 1 aliphatic heterocycles. The van der Waals surface area contributed by atoms with Crippen molar-refractivity contribution in [2.75, 3.05) is 13.7 Å². The van der Waals surface area contributed by atoms with Crippen LogP contribution in [0.5, 0.6) is 0 Å². The van der Waals surface area contributed by atoms with Gasteiger partial charge in [0, 0.05) is 12.5 Å². The van der Waals surface area contributed by atoms with Gasteiger partial charge in [0.05, 0.1) is 24.9 Å². The first-order chi connectivity index (χ1) is 10.1. The van der Waals surface area contributed by atoms with Gasteiger partial charge in [-0.25, -0.2) is 4.79 Å². The van der Waals surface area contributed by atoms with Crippen molar-refractivity contribution in [3.8, 4) is 0 Å². The predicted octanol–water partition coefficient (Wildman–Crippen LogP) is 1.56. The van der Waals surface area contributed by atoms with Gasteiger partial charge in [0.25, 0.3) is 0 Å². The van der Waals surface area contributed by atoms with E-state index in [4.69, 9.17) is 18.9 Å². The quantitative estimate of drug-likeness (QED) is 0.421. The van der Waals surface area contributed by atoms with E-state index in [1.807, 2.05) is 13.0 Å². The van der Waals surface area contributed by atoms with Crippen LogP contribution in [-0.2, 0) is 28.5 Å². The number of carbonyl (C=O) groups is 2. The van der Waals surface area contributed by atoms with E-state index in [2.05, 4.69) is 0 Å². The van der Waals surface area contributed by atoms with Crippen molar-refractivity contribution >= 4 is 12.3 Å². The fourth-order valence-corrected chi connectivity index (χ4v) is 2.78. The number of carbonyl (C=O) groups excluding carboxylic acids is 2. The van der Waals surface area contributed by atoms with Crippen LogP contribution in [0.25, 0.3) is 0 Å². The Labute approximate surface area is 123 Å². The standard InChI is InChI=1S/C15H20O6/c1-4-19-9(2)21-15-13-10(7-16)5-6-11(13)12(8-20-15)14(17)18-3/h5,7-9,11,13,15H,4,6H2,1-3H3/t9?,11-,13+,15+/m1/s1. The molecule has 0 bridgehead atoms. The first-order valence-electron chi connectivity index (χ1n) is 6.98. The molecule has 2 aliphatic rings. The Hall–Kier alpha value is -1.66. The van der Waals surface area contributed by atoms with Gasteiger partial charge in [-0.3, -0.25) is 4.79 Å². The van der Waals surface area contributed by atoms with Crippen LogP contribution < -0.4 is 0 Å². The van der Waals surface area contributed by atoms with Crippen LogP contribution >= 0.6 is 0 Å².